The van der Waals surface area contributed by atoms with Gasteiger partial charge in [-0.1, -0.05) is 0 Å². The zero-order chi connectivity index (χ0) is 19.4. The molecule has 0 bridgehead atoms. The van der Waals surface area contributed by atoms with Crippen LogP contribution in [0.5, 0.6) is 5.75 Å². The Labute approximate surface area is 142 Å². The number of carbonyl (C=O) groups is 2. The predicted octanol–water partition coefficient (Wildman–Crippen LogP) is 3.12. The lowest BCUT2D eigenvalue weighted by Gasteiger charge is -2.18. The van der Waals surface area contributed by atoms with Crippen molar-refractivity contribution in [1.29, 1.82) is 0 Å². The molecule has 1 heterocycles. The summed E-state index contributed by atoms with van der Waals surface area (Å²) in [6, 6.07) is 0.317. The Morgan fingerprint density at radius 2 is 1.84 bits per heavy atom. The summed E-state index contributed by atoms with van der Waals surface area (Å²) in [5, 5.41) is -4.28. The molecule has 0 amide bonds. The highest BCUT2D eigenvalue weighted by molar-refractivity contribution is 6.21. The molecule has 0 atom stereocenters. The number of hydrogen-bond donors (Lipinski definition) is 0. The van der Waals surface area contributed by atoms with Crippen LogP contribution in [0, 0.1) is 0 Å². The minimum absolute atomic E-state index is 0.306. The number of hydrogen-bond acceptors (Lipinski definition) is 6. The molecule has 12 heteroatoms. The van der Waals surface area contributed by atoms with Crippen molar-refractivity contribution in [3.05, 3.63) is 23.0 Å². The third kappa shape index (κ3) is 5.41. The van der Waals surface area contributed by atoms with Gasteiger partial charge in [0.2, 0.25) is 0 Å². The van der Waals surface area contributed by atoms with Crippen molar-refractivity contribution in [3.8, 4) is 5.75 Å². The lowest BCUT2D eigenvalue weighted by Crippen LogP contribution is -2.23. The van der Waals surface area contributed by atoms with Crippen molar-refractivity contribution < 1.29 is 45.8 Å². The number of halogens is 6. The Morgan fingerprint density at radius 1 is 1.24 bits per heavy atom. The van der Waals surface area contributed by atoms with Crippen molar-refractivity contribution in [2.24, 2.45) is 0 Å². The minimum Gasteiger partial charge on any atom is -0.481 e. The summed E-state index contributed by atoms with van der Waals surface area (Å²) in [5.74, 6) is -3.55. The van der Waals surface area contributed by atoms with Crippen LogP contribution in [0.15, 0.2) is 6.07 Å². The molecule has 1 rings (SSSR count). The van der Waals surface area contributed by atoms with Crippen LogP contribution in [0.2, 0.25) is 0 Å². The first kappa shape index (κ1) is 20.9. The first-order valence-electron chi connectivity index (χ1n) is 6.48. The molecular weight excluding hydrogens is 381 g/mol. The molecule has 0 radical (unpaired) electrons. The summed E-state index contributed by atoms with van der Waals surface area (Å²) in [5.41, 5.74) is -4.76. The van der Waals surface area contributed by atoms with Gasteiger partial charge in [-0.2, -0.15) is 22.0 Å². The third-order valence-corrected chi connectivity index (χ3v) is 2.79. The molecule has 0 unspecified atom stereocenters. The summed E-state index contributed by atoms with van der Waals surface area (Å²) in [6.45, 7) is 0.0619. The van der Waals surface area contributed by atoms with Gasteiger partial charge in [0.1, 0.15) is 17.0 Å². The predicted molar refractivity (Wildman–Crippen MR) is 72.5 cm³/mol. The van der Waals surface area contributed by atoms with Gasteiger partial charge < -0.3 is 14.2 Å². The third-order valence-electron chi connectivity index (χ3n) is 2.59. The summed E-state index contributed by atoms with van der Waals surface area (Å²) >= 11 is 4.71. The average Bonchev–Trinajstić information content (AvgIpc) is 2.49. The zero-order valence-electron chi connectivity index (χ0n) is 12.7. The van der Waals surface area contributed by atoms with Crippen LogP contribution in [0.3, 0.4) is 0 Å². The highest BCUT2D eigenvalue weighted by Gasteiger charge is 2.43. The monoisotopic (exact) mass is 391 g/mol. The van der Waals surface area contributed by atoms with Gasteiger partial charge in [-0.05, 0) is 18.5 Å². The van der Waals surface area contributed by atoms with E-state index in [-0.39, 0.29) is 6.61 Å². The minimum atomic E-state index is -5.30. The van der Waals surface area contributed by atoms with E-state index in [4.69, 9.17) is 16.3 Å². The van der Waals surface area contributed by atoms with E-state index in [1.165, 1.54) is 6.92 Å². The van der Waals surface area contributed by atoms with Crippen LogP contribution in [-0.2, 0) is 25.8 Å². The highest BCUT2D eigenvalue weighted by atomic mass is 35.5. The molecule has 0 aliphatic heterocycles. The maximum Gasteiger partial charge on any atom is 0.434 e. The highest BCUT2D eigenvalue weighted by Crippen LogP contribution is 2.40. The number of rotatable bonds is 6. The van der Waals surface area contributed by atoms with Crippen molar-refractivity contribution in [2.75, 3.05) is 20.3 Å². The van der Waals surface area contributed by atoms with Gasteiger partial charge in [-0.25, -0.2) is 14.6 Å². The average molecular weight is 392 g/mol. The van der Waals surface area contributed by atoms with Crippen LogP contribution in [0.1, 0.15) is 28.7 Å². The smallest absolute Gasteiger partial charge is 0.434 e. The fourth-order valence-corrected chi connectivity index (χ4v) is 1.68. The van der Waals surface area contributed by atoms with Crippen molar-refractivity contribution >= 4 is 23.5 Å². The lowest BCUT2D eigenvalue weighted by molar-refractivity contribution is -0.143. The van der Waals surface area contributed by atoms with Gasteiger partial charge in [0, 0.05) is 6.07 Å². The van der Waals surface area contributed by atoms with E-state index in [2.05, 4.69) is 14.5 Å². The van der Waals surface area contributed by atoms with Crippen molar-refractivity contribution in [2.45, 2.75) is 18.5 Å². The van der Waals surface area contributed by atoms with Crippen LogP contribution < -0.4 is 4.74 Å². The number of esters is 2. The summed E-state index contributed by atoms with van der Waals surface area (Å²) in [4.78, 5) is 25.6. The molecular formula is C13H11ClF5NO5. The van der Waals surface area contributed by atoms with E-state index in [0.29, 0.717) is 6.07 Å². The maximum absolute atomic E-state index is 13.2. The Kier molecular flexibility index (Phi) is 6.52. The maximum atomic E-state index is 13.2. The summed E-state index contributed by atoms with van der Waals surface area (Å²) in [7, 11) is 0.962. The SMILES string of the molecule is CCOC(=O)c1c(OCC(=O)OC)cc(C(F)(F)Cl)nc1C(F)(F)F. The first-order chi connectivity index (χ1) is 11.4. The molecule has 0 N–H and O–H groups in total. The van der Waals surface area contributed by atoms with Gasteiger partial charge in [0.15, 0.2) is 12.3 Å². The van der Waals surface area contributed by atoms with E-state index in [9.17, 15) is 31.5 Å². The number of methoxy groups -OCH3 is 1. The zero-order valence-corrected chi connectivity index (χ0v) is 13.5. The number of nitrogens with zero attached hydrogens (tertiary/aromatic N) is 1. The molecule has 0 saturated carbocycles. The molecule has 25 heavy (non-hydrogen) atoms. The molecule has 0 aliphatic carbocycles. The molecule has 0 fully saturated rings. The second kappa shape index (κ2) is 7.81. The number of carbonyl (C=O) groups excluding carboxylic acids is 2. The molecule has 1 aromatic heterocycles. The second-order valence-corrected chi connectivity index (χ2v) is 4.78. The van der Waals surface area contributed by atoms with E-state index in [1.54, 1.807) is 0 Å². The number of pyridine rings is 1. The molecule has 140 valence electrons. The molecule has 0 spiro atoms. The van der Waals surface area contributed by atoms with Crippen LogP contribution in [-0.4, -0.2) is 37.2 Å². The molecule has 1 aromatic rings. The second-order valence-electron chi connectivity index (χ2n) is 4.31. The van der Waals surface area contributed by atoms with Crippen LogP contribution in [0.4, 0.5) is 22.0 Å². The van der Waals surface area contributed by atoms with Crippen LogP contribution >= 0.6 is 11.6 Å². The van der Waals surface area contributed by atoms with E-state index < -0.39 is 52.8 Å². The first-order valence-corrected chi connectivity index (χ1v) is 6.85. The van der Waals surface area contributed by atoms with Gasteiger partial charge in [0.05, 0.1) is 13.7 Å². The number of aromatic nitrogens is 1. The Balaban J connectivity index is 3.61. The fraction of sp³-hybridized carbons (Fsp3) is 0.462. The largest absolute Gasteiger partial charge is 0.481 e. The van der Waals surface area contributed by atoms with Gasteiger partial charge in [0.25, 0.3) is 0 Å². The summed E-state index contributed by atoms with van der Waals surface area (Å²) in [6.07, 6.45) is -5.30. The number of alkyl halides is 6. The van der Waals surface area contributed by atoms with Gasteiger partial charge in [-0.3, -0.25) is 0 Å². The fourth-order valence-electron chi connectivity index (χ4n) is 1.58. The van der Waals surface area contributed by atoms with Gasteiger partial charge >= 0.3 is 23.5 Å². The Bertz CT molecular complexity index is 659. The topological polar surface area (TPSA) is 74.7 Å². The van der Waals surface area contributed by atoms with E-state index >= 15 is 0 Å². The van der Waals surface area contributed by atoms with Crippen molar-refractivity contribution in [1.82, 2.24) is 4.98 Å². The van der Waals surface area contributed by atoms with E-state index in [0.717, 1.165) is 7.11 Å². The Hall–Kier alpha value is -2.17. The normalized spacial score (nSPS) is 11.8. The lowest BCUT2D eigenvalue weighted by atomic mass is 10.1. The molecule has 0 saturated heterocycles. The number of ether oxygens (including phenoxy) is 3. The standard InChI is InChI=1S/C13H11ClF5NO5/c1-3-24-11(22)9-6(25-5-8(21)23-2)4-7(12(14,15)16)20-10(9)13(17,18)19/h4H,3,5H2,1-2H3. The Morgan fingerprint density at radius 3 is 2.28 bits per heavy atom. The molecule has 6 nitrogen and oxygen atoms in total. The molecule has 0 aliphatic rings. The van der Waals surface area contributed by atoms with Crippen LogP contribution in [0.25, 0.3) is 0 Å². The van der Waals surface area contributed by atoms with E-state index in [1.807, 2.05) is 0 Å². The van der Waals surface area contributed by atoms with Gasteiger partial charge in [-0.15, -0.1) is 0 Å². The van der Waals surface area contributed by atoms with Crippen molar-refractivity contribution in [3.63, 3.8) is 0 Å². The summed E-state index contributed by atoms with van der Waals surface area (Å²) < 4.78 is 79.3. The quantitative estimate of drug-likeness (QED) is 0.421. The molecule has 0 aromatic carbocycles.